The lowest BCUT2D eigenvalue weighted by atomic mass is 9.96. The molecule has 1 aliphatic heterocycles. The number of carbonyl (C=O) groups excluding carboxylic acids is 1. The zero-order chi connectivity index (χ0) is 21.1. The number of hydrogen-bond acceptors (Lipinski definition) is 4. The first-order chi connectivity index (χ1) is 13.6. The monoisotopic (exact) mass is 431 g/mol. The molecule has 2 heterocycles. The number of amides is 1. The van der Waals surface area contributed by atoms with E-state index in [1.807, 2.05) is 0 Å². The van der Waals surface area contributed by atoms with Crippen LogP contribution in [0.2, 0.25) is 5.02 Å². The Morgan fingerprint density at radius 2 is 2.07 bits per heavy atom. The van der Waals surface area contributed by atoms with Crippen LogP contribution >= 0.6 is 11.6 Å². The molecule has 1 aliphatic rings. The van der Waals surface area contributed by atoms with Gasteiger partial charge in [-0.05, 0) is 43.5 Å². The number of halogens is 4. The molecule has 1 N–H and O–H groups in total. The highest BCUT2D eigenvalue weighted by Gasteiger charge is 2.35. The quantitative estimate of drug-likeness (QED) is 0.788. The van der Waals surface area contributed by atoms with E-state index in [0.717, 1.165) is 16.9 Å². The zero-order valence-corrected chi connectivity index (χ0v) is 16.3. The number of rotatable bonds is 5. The number of aromatic nitrogens is 2. The van der Waals surface area contributed by atoms with Crippen molar-refractivity contribution >= 4 is 17.5 Å². The maximum Gasteiger partial charge on any atom is 0.435 e. The molecule has 1 aromatic carbocycles. The van der Waals surface area contributed by atoms with Gasteiger partial charge >= 0.3 is 6.18 Å². The number of benzene rings is 1. The van der Waals surface area contributed by atoms with Crippen LogP contribution in [0.5, 0.6) is 5.75 Å². The fourth-order valence-electron chi connectivity index (χ4n) is 3.19. The molecule has 0 spiro atoms. The predicted molar refractivity (Wildman–Crippen MR) is 99.6 cm³/mol. The molecule has 158 valence electrons. The van der Waals surface area contributed by atoms with Crippen LogP contribution in [0.15, 0.2) is 36.5 Å². The lowest BCUT2D eigenvalue weighted by Gasteiger charge is -2.27. The second kappa shape index (κ2) is 8.62. The van der Waals surface area contributed by atoms with Crippen LogP contribution in [0, 0.1) is 0 Å². The molecule has 0 saturated carbocycles. The van der Waals surface area contributed by atoms with Crippen LogP contribution in [-0.4, -0.2) is 51.0 Å². The molecule has 1 fully saturated rings. The molecule has 1 atom stereocenters. The van der Waals surface area contributed by atoms with Gasteiger partial charge in [-0.1, -0.05) is 17.7 Å². The van der Waals surface area contributed by atoms with Gasteiger partial charge in [0, 0.05) is 24.3 Å². The van der Waals surface area contributed by atoms with Crippen LogP contribution in [-0.2, 0) is 17.5 Å². The number of hydrogen-bond donors (Lipinski definition) is 1. The molecule has 10 heteroatoms. The number of likely N-dealkylation sites (tertiary alicyclic amines) is 1. The molecule has 1 unspecified atom stereocenters. The summed E-state index contributed by atoms with van der Waals surface area (Å²) in [5, 5.41) is 14.8. The molecule has 0 bridgehead atoms. The van der Waals surface area contributed by atoms with Gasteiger partial charge < -0.3 is 14.7 Å². The average Bonchev–Trinajstić information content (AvgIpc) is 3.03. The Morgan fingerprint density at radius 3 is 2.76 bits per heavy atom. The Morgan fingerprint density at radius 1 is 1.28 bits per heavy atom. The van der Waals surface area contributed by atoms with Crippen LogP contribution in [0.25, 0.3) is 0 Å². The normalized spacial score (nSPS) is 20.4. The van der Waals surface area contributed by atoms with E-state index < -0.39 is 17.5 Å². The second-order valence-electron chi connectivity index (χ2n) is 7.10. The van der Waals surface area contributed by atoms with Crippen molar-refractivity contribution < 1.29 is 27.8 Å². The SMILES string of the molecule is O=C(Cn1ccc(C(F)(F)F)n1)N1CCCC(O)(COc2cccc(Cl)c2)CC1. The van der Waals surface area contributed by atoms with E-state index in [0.29, 0.717) is 36.6 Å². The molecule has 0 aliphatic carbocycles. The summed E-state index contributed by atoms with van der Waals surface area (Å²) in [6.45, 7) is 0.463. The Hall–Kier alpha value is -2.26. The van der Waals surface area contributed by atoms with Crippen LogP contribution in [0.4, 0.5) is 13.2 Å². The molecule has 6 nitrogen and oxygen atoms in total. The second-order valence-corrected chi connectivity index (χ2v) is 7.54. The molecule has 1 saturated heterocycles. The summed E-state index contributed by atoms with van der Waals surface area (Å²) in [5.41, 5.74) is -2.14. The third kappa shape index (κ3) is 5.86. The zero-order valence-electron chi connectivity index (χ0n) is 15.5. The molecule has 1 aromatic heterocycles. The van der Waals surface area contributed by atoms with Crippen LogP contribution in [0.1, 0.15) is 25.0 Å². The molecule has 29 heavy (non-hydrogen) atoms. The first-order valence-electron chi connectivity index (χ1n) is 9.14. The van der Waals surface area contributed by atoms with Gasteiger partial charge in [0.05, 0.1) is 0 Å². The van der Waals surface area contributed by atoms with Crippen molar-refractivity contribution in [1.29, 1.82) is 0 Å². The van der Waals surface area contributed by atoms with Gasteiger partial charge in [-0.25, -0.2) is 0 Å². The Kier molecular flexibility index (Phi) is 6.38. The molecule has 0 radical (unpaired) electrons. The summed E-state index contributed by atoms with van der Waals surface area (Å²) in [4.78, 5) is 14.0. The third-order valence-electron chi connectivity index (χ3n) is 4.80. The van der Waals surface area contributed by atoms with Gasteiger partial charge in [-0.3, -0.25) is 9.48 Å². The van der Waals surface area contributed by atoms with Gasteiger partial charge in [0.2, 0.25) is 5.91 Å². The predicted octanol–water partition coefficient (Wildman–Crippen LogP) is 3.38. The number of alkyl halides is 3. The van der Waals surface area contributed by atoms with E-state index in [2.05, 4.69) is 5.10 Å². The van der Waals surface area contributed by atoms with Crippen molar-refractivity contribution in [2.45, 2.75) is 37.6 Å². The minimum Gasteiger partial charge on any atom is -0.491 e. The molecule has 1 amide bonds. The Labute approximate surface area is 170 Å². The third-order valence-corrected chi connectivity index (χ3v) is 5.04. The van der Waals surface area contributed by atoms with Gasteiger partial charge in [0.25, 0.3) is 0 Å². The standard InChI is InChI=1S/C19H21ClF3N3O3/c20-14-3-1-4-15(11-14)29-13-18(28)6-2-8-25(10-7-18)17(27)12-26-9-5-16(24-26)19(21,22)23/h1,3-5,9,11,28H,2,6-8,10,12-13H2. The topological polar surface area (TPSA) is 67.6 Å². The van der Waals surface area contributed by atoms with E-state index in [9.17, 15) is 23.1 Å². The van der Waals surface area contributed by atoms with Crippen molar-refractivity contribution in [3.8, 4) is 5.75 Å². The Balaban J connectivity index is 1.54. The lowest BCUT2D eigenvalue weighted by molar-refractivity contribution is -0.142. The van der Waals surface area contributed by atoms with Crippen molar-refractivity contribution in [1.82, 2.24) is 14.7 Å². The fourth-order valence-corrected chi connectivity index (χ4v) is 3.37. The van der Waals surface area contributed by atoms with Crippen LogP contribution in [0.3, 0.4) is 0 Å². The largest absolute Gasteiger partial charge is 0.491 e. The molecular weight excluding hydrogens is 411 g/mol. The first-order valence-corrected chi connectivity index (χ1v) is 9.52. The summed E-state index contributed by atoms with van der Waals surface area (Å²) in [6.07, 6.45) is -2.12. The number of aliphatic hydroxyl groups is 1. The van der Waals surface area contributed by atoms with E-state index in [-0.39, 0.29) is 25.6 Å². The maximum atomic E-state index is 12.6. The summed E-state index contributed by atoms with van der Waals surface area (Å²) in [7, 11) is 0. The smallest absolute Gasteiger partial charge is 0.435 e. The van der Waals surface area contributed by atoms with Gasteiger partial charge in [-0.15, -0.1) is 0 Å². The highest BCUT2D eigenvalue weighted by Crippen LogP contribution is 2.28. The lowest BCUT2D eigenvalue weighted by Crippen LogP contribution is -2.39. The summed E-state index contributed by atoms with van der Waals surface area (Å²) >= 11 is 5.92. The average molecular weight is 432 g/mol. The number of ether oxygens (including phenoxy) is 1. The van der Waals surface area contributed by atoms with E-state index in [4.69, 9.17) is 16.3 Å². The molecular formula is C19H21ClF3N3O3. The van der Waals surface area contributed by atoms with E-state index in [1.54, 1.807) is 24.3 Å². The minimum absolute atomic E-state index is 0.0590. The van der Waals surface area contributed by atoms with E-state index in [1.165, 1.54) is 4.90 Å². The fraction of sp³-hybridized carbons (Fsp3) is 0.474. The van der Waals surface area contributed by atoms with Gasteiger partial charge in [-0.2, -0.15) is 18.3 Å². The van der Waals surface area contributed by atoms with Crippen LogP contribution < -0.4 is 4.74 Å². The van der Waals surface area contributed by atoms with Crippen molar-refractivity contribution in [2.24, 2.45) is 0 Å². The minimum atomic E-state index is -4.55. The molecule has 3 rings (SSSR count). The summed E-state index contributed by atoms with van der Waals surface area (Å²) < 4.78 is 44.5. The van der Waals surface area contributed by atoms with Gasteiger partial charge in [0.1, 0.15) is 24.5 Å². The van der Waals surface area contributed by atoms with Crippen molar-refractivity contribution in [2.75, 3.05) is 19.7 Å². The summed E-state index contributed by atoms with van der Waals surface area (Å²) in [5.74, 6) is 0.198. The summed E-state index contributed by atoms with van der Waals surface area (Å²) in [6, 6.07) is 7.68. The van der Waals surface area contributed by atoms with E-state index >= 15 is 0 Å². The molecule has 2 aromatic rings. The maximum absolute atomic E-state index is 12.6. The van der Waals surface area contributed by atoms with Crippen molar-refractivity contribution in [3.05, 3.63) is 47.2 Å². The van der Waals surface area contributed by atoms with Gasteiger partial charge in [0.15, 0.2) is 5.69 Å². The van der Waals surface area contributed by atoms with Crippen molar-refractivity contribution in [3.63, 3.8) is 0 Å². The highest BCUT2D eigenvalue weighted by atomic mass is 35.5. The highest BCUT2D eigenvalue weighted by molar-refractivity contribution is 6.30. The Bertz CT molecular complexity index is 858. The number of carbonyl (C=O) groups is 1. The number of nitrogens with zero attached hydrogens (tertiary/aromatic N) is 3. The first kappa shape index (κ1) is 21.4.